The van der Waals surface area contributed by atoms with Crippen LogP contribution < -0.4 is 11.9 Å². The summed E-state index contributed by atoms with van der Waals surface area (Å²) < 4.78 is 16.2. The van der Waals surface area contributed by atoms with Crippen LogP contribution >= 0.6 is 0 Å². The van der Waals surface area contributed by atoms with E-state index in [9.17, 15) is 4.79 Å². The highest BCUT2D eigenvalue weighted by Gasteiger charge is 2.37. The lowest BCUT2D eigenvalue weighted by Gasteiger charge is -2.24. The molecule has 0 aliphatic rings. The Hall–Kier alpha value is -0.473. The van der Waals surface area contributed by atoms with Crippen molar-refractivity contribution in [1.29, 1.82) is 0 Å². The Morgan fingerprint density at radius 3 is 1.79 bits per heavy atom. The number of unbranched alkanes of at least 4 members (excludes halogenated alkanes) is 6. The van der Waals surface area contributed by atoms with Crippen LogP contribution in [0.25, 0.3) is 0 Å². The van der Waals surface area contributed by atoms with Gasteiger partial charge in [-0.3, -0.25) is 4.79 Å². The van der Waals surface area contributed by atoms with Gasteiger partial charge in [0.2, 0.25) is 5.91 Å². The second-order valence-electron chi connectivity index (χ2n) is 6.20. The topological polar surface area (TPSA) is 101 Å². The molecule has 0 heterocycles. The predicted molar refractivity (Wildman–Crippen MR) is 98.3 cm³/mol. The van der Waals surface area contributed by atoms with Crippen molar-refractivity contribution < 1.29 is 18.1 Å². The van der Waals surface area contributed by atoms with Crippen LogP contribution in [0.3, 0.4) is 0 Å². The number of rotatable bonds is 16. The van der Waals surface area contributed by atoms with Crippen LogP contribution in [-0.4, -0.2) is 36.0 Å². The molecular formula is C17H37N2O4Si. The third-order valence-electron chi connectivity index (χ3n) is 4.53. The van der Waals surface area contributed by atoms with E-state index < -0.39 is 8.80 Å². The SMILES string of the molecule is CCCCCCCCCC(CCC[Si](OC)(OC)OC)C(N)=O.[N]. The molecule has 7 heteroatoms. The second-order valence-corrected chi connectivity index (χ2v) is 9.29. The molecule has 0 saturated heterocycles. The highest BCUT2D eigenvalue weighted by Crippen LogP contribution is 2.22. The number of primary amides is 1. The van der Waals surface area contributed by atoms with Gasteiger partial charge >= 0.3 is 8.80 Å². The van der Waals surface area contributed by atoms with E-state index in [1.165, 1.54) is 38.5 Å². The Bertz CT molecular complexity index is 294. The van der Waals surface area contributed by atoms with Gasteiger partial charge in [0.15, 0.2) is 0 Å². The molecule has 0 aromatic carbocycles. The van der Waals surface area contributed by atoms with Crippen LogP contribution in [0.5, 0.6) is 0 Å². The molecule has 0 aliphatic carbocycles. The average molecular weight is 362 g/mol. The normalized spacial score (nSPS) is 12.7. The van der Waals surface area contributed by atoms with Crippen molar-refractivity contribution in [2.75, 3.05) is 21.3 Å². The van der Waals surface area contributed by atoms with Crippen LogP contribution in [0.2, 0.25) is 6.04 Å². The second kappa shape index (κ2) is 16.0. The third-order valence-corrected chi connectivity index (χ3v) is 7.36. The summed E-state index contributed by atoms with van der Waals surface area (Å²) >= 11 is 0. The molecule has 0 aliphatic heterocycles. The Labute approximate surface area is 149 Å². The van der Waals surface area contributed by atoms with Crippen molar-refractivity contribution in [3.8, 4) is 0 Å². The summed E-state index contributed by atoms with van der Waals surface area (Å²) in [6.45, 7) is 2.23. The molecule has 0 aromatic rings. The monoisotopic (exact) mass is 361 g/mol. The van der Waals surface area contributed by atoms with Crippen molar-refractivity contribution in [1.82, 2.24) is 6.15 Å². The van der Waals surface area contributed by atoms with Gasteiger partial charge in [-0.2, -0.15) is 0 Å². The molecular weight excluding hydrogens is 324 g/mol. The van der Waals surface area contributed by atoms with E-state index in [1.54, 1.807) is 21.3 Å². The van der Waals surface area contributed by atoms with Gasteiger partial charge in [-0.1, -0.05) is 51.9 Å². The number of carbonyl (C=O) groups is 1. The first kappa shape index (κ1) is 25.8. The molecule has 0 spiro atoms. The van der Waals surface area contributed by atoms with Crippen LogP contribution in [0, 0.1) is 5.92 Å². The average Bonchev–Trinajstić information content (AvgIpc) is 2.56. The maximum absolute atomic E-state index is 11.6. The summed E-state index contributed by atoms with van der Waals surface area (Å²) in [5, 5.41) is 0. The molecule has 1 amide bonds. The van der Waals surface area contributed by atoms with Crippen molar-refractivity contribution in [3.05, 3.63) is 0 Å². The molecule has 6 nitrogen and oxygen atoms in total. The van der Waals surface area contributed by atoms with Gasteiger partial charge in [0, 0.05) is 39.4 Å². The Kier molecular flexibility index (Phi) is 17.2. The van der Waals surface area contributed by atoms with E-state index in [2.05, 4.69) is 6.92 Å². The molecule has 0 aromatic heterocycles. The first-order valence-corrected chi connectivity index (χ1v) is 10.9. The zero-order valence-corrected chi connectivity index (χ0v) is 17.0. The van der Waals surface area contributed by atoms with E-state index in [0.717, 1.165) is 31.7 Å². The zero-order chi connectivity index (χ0) is 17.6. The highest BCUT2D eigenvalue weighted by molar-refractivity contribution is 6.60. The van der Waals surface area contributed by atoms with Gasteiger partial charge in [-0.05, 0) is 19.3 Å². The van der Waals surface area contributed by atoms with E-state index in [1.807, 2.05) is 0 Å². The van der Waals surface area contributed by atoms with Crippen molar-refractivity contribution in [2.24, 2.45) is 11.7 Å². The minimum Gasteiger partial charge on any atom is -0.377 e. The molecule has 0 fully saturated rings. The minimum absolute atomic E-state index is 0. The van der Waals surface area contributed by atoms with Gasteiger partial charge in [0.1, 0.15) is 0 Å². The van der Waals surface area contributed by atoms with Gasteiger partial charge < -0.3 is 19.0 Å². The maximum Gasteiger partial charge on any atom is 0.500 e. The van der Waals surface area contributed by atoms with E-state index in [4.69, 9.17) is 19.0 Å². The lowest BCUT2D eigenvalue weighted by molar-refractivity contribution is -0.122. The molecule has 2 N–H and O–H groups in total. The number of hydrogen-bond donors (Lipinski definition) is 1. The molecule has 1 atom stereocenters. The molecule has 3 radical (unpaired) electrons. The lowest BCUT2D eigenvalue weighted by atomic mass is 9.95. The van der Waals surface area contributed by atoms with E-state index in [0.29, 0.717) is 0 Å². The third kappa shape index (κ3) is 11.1. The van der Waals surface area contributed by atoms with E-state index in [-0.39, 0.29) is 18.0 Å². The predicted octanol–water partition coefficient (Wildman–Crippen LogP) is 3.41. The number of hydrogen-bond acceptors (Lipinski definition) is 4. The first-order chi connectivity index (χ1) is 11.0. The van der Waals surface area contributed by atoms with E-state index >= 15 is 0 Å². The smallest absolute Gasteiger partial charge is 0.377 e. The summed E-state index contributed by atoms with van der Waals surface area (Å²) in [5.74, 6) is -0.224. The van der Waals surface area contributed by atoms with Crippen LogP contribution in [-0.2, 0) is 18.1 Å². The molecule has 143 valence electrons. The number of nitrogens with two attached hydrogens (primary N) is 1. The number of carbonyl (C=O) groups excluding carboxylic acids is 1. The van der Waals surface area contributed by atoms with Gasteiger partial charge in [0.25, 0.3) is 0 Å². The van der Waals surface area contributed by atoms with Crippen LogP contribution in [0.15, 0.2) is 0 Å². The quantitative estimate of drug-likeness (QED) is 0.336. The van der Waals surface area contributed by atoms with Crippen LogP contribution in [0.1, 0.15) is 71.1 Å². The van der Waals surface area contributed by atoms with Crippen LogP contribution in [0.4, 0.5) is 0 Å². The molecule has 0 rings (SSSR count). The van der Waals surface area contributed by atoms with Crippen molar-refractivity contribution >= 4 is 14.7 Å². The summed E-state index contributed by atoms with van der Waals surface area (Å²) in [4.78, 5) is 11.6. The fourth-order valence-corrected chi connectivity index (χ4v) is 4.65. The number of amides is 1. The maximum atomic E-state index is 11.6. The van der Waals surface area contributed by atoms with Gasteiger partial charge in [-0.15, -0.1) is 0 Å². The fraction of sp³-hybridized carbons (Fsp3) is 0.941. The summed E-state index contributed by atoms with van der Waals surface area (Å²) in [6.07, 6.45) is 11.3. The molecule has 24 heavy (non-hydrogen) atoms. The summed E-state index contributed by atoms with van der Waals surface area (Å²) in [5.41, 5.74) is 5.54. The van der Waals surface area contributed by atoms with Crippen molar-refractivity contribution in [3.63, 3.8) is 0 Å². The largest absolute Gasteiger partial charge is 0.500 e. The molecule has 0 saturated carbocycles. The van der Waals surface area contributed by atoms with Gasteiger partial charge in [-0.25, -0.2) is 0 Å². The van der Waals surface area contributed by atoms with Gasteiger partial charge in [0.05, 0.1) is 0 Å². The lowest BCUT2D eigenvalue weighted by Crippen LogP contribution is -2.42. The van der Waals surface area contributed by atoms with Crippen molar-refractivity contribution in [2.45, 2.75) is 77.2 Å². The fourth-order valence-electron chi connectivity index (χ4n) is 2.90. The Morgan fingerprint density at radius 1 is 0.875 bits per heavy atom. The molecule has 1 unspecified atom stereocenters. The number of nitrogens with zero attached hydrogens (tertiary/aromatic N) is 1. The Morgan fingerprint density at radius 2 is 1.33 bits per heavy atom. The summed E-state index contributed by atoms with van der Waals surface area (Å²) in [6, 6.07) is 0.720. The zero-order valence-electron chi connectivity index (χ0n) is 16.0. The molecule has 0 bridgehead atoms. The Balaban J connectivity index is 0. The minimum atomic E-state index is -2.53. The standard InChI is InChI=1S/C17H37NO4Si.N/c1-5-6-7-8-9-10-11-13-16(17(18)19)14-12-15-23(20-2,21-3)22-4;/h16H,5-15H2,1-4H3,(H2,18,19);. The highest BCUT2D eigenvalue weighted by atomic mass is 28.4. The first-order valence-electron chi connectivity index (χ1n) is 9.00. The summed E-state index contributed by atoms with van der Waals surface area (Å²) in [7, 11) is 2.32.